The number of carbonyl (C=O) groups excluding carboxylic acids is 2. The first kappa shape index (κ1) is 35.0. The van der Waals surface area contributed by atoms with Gasteiger partial charge in [0.2, 0.25) is 0 Å². The molecule has 36 heavy (non-hydrogen) atoms. The summed E-state index contributed by atoms with van der Waals surface area (Å²) >= 11 is 0. The quantitative estimate of drug-likeness (QED) is 0.0836. The summed E-state index contributed by atoms with van der Waals surface area (Å²) in [4.78, 5) is 34.1. The van der Waals surface area contributed by atoms with Crippen LogP contribution in [0, 0.1) is 0 Å². The van der Waals surface area contributed by atoms with E-state index in [-0.39, 0.29) is 19.4 Å². The van der Waals surface area contributed by atoms with Crippen LogP contribution in [0.5, 0.6) is 0 Å². The Morgan fingerprint density at radius 1 is 0.722 bits per heavy atom. The number of esters is 2. The normalized spacial score (nSPS) is 14.7. The second-order valence-corrected chi connectivity index (χ2v) is 10.5. The number of hydrogen-bond acceptors (Lipinski definition) is 9. The van der Waals surface area contributed by atoms with E-state index < -0.39 is 51.8 Å². The van der Waals surface area contributed by atoms with Crippen LogP contribution in [-0.2, 0) is 32.7 Å². The Morgan fingerprint density at radius 2 is 1.19 bits per heavy atom. The maximum Gasteiger partial charge on any atom is 0.472 e. The van der Waals surface area contributed by atoms with Crippen LogP contribution in [0.15, 0.2) is 0 Å². The highest BCUT2D eigenvalue weighted by Crippen LogP contribution is 2.43. The third-order valence-electron chi connectivity index (χ3n) is 5.51. The minimum atomic E-state index is -4.58. The first-order chi connectivity index (χ1) is 17.2. The molecular weight excluding hydrogens is 491 g/mol. The highest BCUT2D eigenvalue weighted by molar-refractivity contribution is 7.47. The van der Waals surface area contributed by atoms with Gasteiger partial charge in [-0.1, -0.05) is 84.5 Å². The topological polar surface area (TPSA) is 149 Å². The van der Waals surface area contributed by atoms with E-state index >= 15 is 0 Å². The molecule has 214 valence electrons. The fraction of sp³-hybridized carbons (Fsp3) is 0.920. The average Bonchev–Trinajstić information content (AvgIpc) is 2.85. The molecular formula is C25H49O10P. The molecule has 10 nitrogen and oxygen atoms in total. The summed E-state index contributed by atoms with van der Waals surface area (Å²) in [7, 11) is -4.58. The maximum atomic E-state index is 12.3. The van der Waals surface area contributed by atoms with E-state index in [0.29, 0.717) is 12.8 Å². The molecule has 11 heteroatoms. The van der Waals surface area contributed by atoms with Gasteiger partial charge in [-0.2, -0.15) is 0 Å². The first-order valence-electron chi connectivity index (χ1n) is 13.5. The van der Waals surface area contributed by atoms with Crippen molar-refractivity contribution in [3.05, 3.63) is 0 Å². The lowest BCUT2D eigenvalue weighted by Gasteiger charge is -2.20. The van der Waals surface area contributed by atoms with Gasteiger partial charge < -0.3 is 24.6 Å². The second-order valence-electron chi connectivity index (χ2n) is 9.08. The molecule has 0 aromatic rings. The number of aliphatic hydroxyl groups excluding tert-OH is 2. The van der Waals surface area contributed by atoms with Crippen molar-refractivity contribution in [2.24, 2.45) is 0 Å². The van der Waals surface area contributed by atoms with Gasteiger partial charge in [0.05, 0.1) is 19.8 Å². The minimum Gasteiger partial charge on any atom is -0.462 e. The zero-order valence-electron chi connectivity index (χ0n) is 22.2. The van der Waals surface area contributed by atoms with E-state index in [0.717, 1.165) is 44.9 Å². The molecule has 0 aromatic heterocycles. The predicted octanol–water partition coefficient (Wildman–Crippen LogP) is 4.82. The van der Waals surface area contributed by atoms with Gasteiger partial charge >= 0.3 is 19.8 Å². The number of rotatable bonds is 25. The van der Waals surface area contributed by atoms with Crippen molar-refractivity contribution in [2.75, 3.05) is 26.4 Å². The lowest BCUT2D eigenvalue weighted by atomic mass is 10.1. The van der Waals surface area contributed by atoms with Crippen molar-refractivity contribution in [3.63, 3.8) is 0 Å². The van der Waals surface area contributed by atoms with Crippen molar-refractivity contribution in [1.29, 1.82) is 0 Å². The van der Waals surface area contributed by atoms with Gasteiger partial charge in [-0.3, -0.25) is 18.6 Å². The molecule has 3 N–H and O–H groups in total. The van der Waals surface area contributed by atoms with Gasteiger partial charge in [0.1, 0.15) is 12.7 Å². The second kappa shape index (κ2) is 23.1. The molecule has 0 aliphatic heterocycles. The van der Waals surface area contributed by atoms with Crippen LogP contribution in [0.2, 0.25) is 0 Å². The monoisotopic (exact) mass is 540 g/mol. The maximum absolute atomic E-state index is 12.3. The van der Waals surface area contributed by atoms with Crippen LogP contribution in [0.4, 0.5) is 0 Å². The Labute approximate surface area is 216 Å². The van der Waals surface area contributed by atoms with Gasteiger partial charge in [-0.15, -0.1) is 0 Å². The summed E-state index contributed by atoms with van der Waals surface area (Å²) in [5.41, 5.74) is 0. The van der Waals surface area contributed by atoms with Gasteiger partial charge in [0.15, 0.2) is 6.10 Å². The van der Waals surface area contributed by atoms with Crippen LogP contribution in [0.3, 0.4) is 0 Å². The third kappa shape index (κ3) is 22.2. The van der Waals surface area contributed by atoms with Gasteiger partial charge in [0.25, 0.3) is 0 Å². The summed E-state index contributed by atoms with van der Waals surface area (Å²) in [5.74, 6) is -0.945. The van der Waals surface area contributed by atoms with Gasteiger partial charge in [-0.25, -0.2) is 4.57 Å². The lowest BCUT2D eigenvalue weighted by Crippen LogP contribution is -2.29. The summed E-state index contributed by atoms with van der Waals surface area (Å²) in [6.07, 6.45) is 11.5. The molecule has 0 spiro atoms. The van der Waals surface area contributed by atoms with Gasteiger partial charge in [0, 0.05) is 12.8 Å². The molecule has 0 saturated carbocycles. The van der Waals surface area contributed by atoms with E-state index in [1.54, 1.807) is 0 Å². The standard InChI is InChI=1S/C25H49O10P/c1-3-5-7-9-10-11-13-15-17-25(29)35-23(20-32-24(28)16-14-12-8-6-4-2)21-34-36(30,31)33-19-22(27)18-26/h22-23,26-27H,3-21H2,1-2H3,(H,30,31). The number of ether oxygens (including phenoxy) is 2. The van der Waals surface area contributed by atoms with Crippen molar-refractivity contribution in [1.82, 2.24) is 0 Å². The Balaban J connectivity index is 4.54. The first-order valence-corrected chi connectivity index (χ1v) is 15.0. The average molecular weight is 541 g/mol. The lowest BCUT2D eigenvalue weighted by molar-refractivity contribution is -0.161. The van der Waals surface area contributed by atoms with Crippen molar-refractivity contribution in [2.45, 2.75) is 122 Å². The molecule has 0 rings (SSSR count). The number of phosphoric ester groups is 1. The van der Waals surface area contributed by atoms with Crippen LogP contribution >= 0.6 is 7.82 Å². The molecule has 0 radical (unpaired) electrons. The van der Waals surface area contributed by atoms with Crippen LogP contribution in [0.1, 0.15) is 110 Å². The van der Waals surface area contributed by atoms with Gasteiger partial charge in [-0.05, 0) is 12.8 Å². The van der Waals surface area contributed by atoms with Crippen molar-refractivity contribution < 1.29 is 47.8 Å². The largest absolute Gasteiger partial charge is 0.472 e. The van der Waals surface area contributed by atoms with Crippen LogP contribution in [0.25, 0.3) is 0 Å². The molecule has 0 saturated heterocycles. The zero-order valence-corrected chi connectivity index (χ0v) is 23.1. The fourth-order valence-electron chi connectivity index (χ4n) is 3.34. The molecule has 3 unspecified atom stereocenters. The molecule has 0 fully saturated rings. The number of carbonyl (C=O) groups is 2. The van der Waals surface area contributed by atoms with Crippen LogP contribution < -0.4 is 0 Å². The zero-order chi connectivity index (χ0) is 27.1. The van der Waals surface area contributed by atoms with Crippen LogP contribution in [-0.4, -0.2) is 65.7 Å². The Kier molecular flexibility index (Phi) is 22.5. The third-order valence-corrected chi connectivity index (χ3v) is 6.46. The minimum absolute atomic E-state index is 0.187. The Hall–Kier alpha value is -1.03. The summed E-state index contributed by atoms with van der Waals surface area (Å²) in [5, 5.41) is 18.0. The summed E-state index contributed by atoms with van der Waals surface area (Å²) < 4.78 is 32.0. The van der Waals surface area contributed by atoms with E-state index in [9.17, 15) is 24.2 Å². The van der Waals surface area contributed by atoms with E-state index in [1.165, 1.54) is 25.7 Å². The molecule has 0 aliphatic rings. The van der Waals surface area contributed by atoms with E-state index in [4.69, 9.17) is 19.1 Å². The molecule has 0 bridgehead atoms. The fourth-order valence-corrected chi connectivity index (χ4v) is 4.13. The number of hydrogen-bond donors (Lipinski definition) is 3. The SMILES string of the molecule is CCCCCCCCCCC(=O)OC(COC(=O)CCCCCCC)COP(=O)(O)OCC(O)CO. The molecule has 0 heterocycles. The van der Waals surface area contributed by atoms with E-state index in [1.807, 2.05) is 0 Å². The Bertz CT molecular complexity index is 601. The van der Waals surface area contributed by atoms with Crippen molar-refractivity contribution in [3.8, 4) is 0 Å². The number of aliphatic hydroxyl groups is 2. The molecule has 3 atom stereocenters. The van der Waals surface area contributed by atoms with E-state index in [2.05, 4.69) is 18.4 Å². The van der Waals surface area contributed by atoms with Crippen molar-refractivity contribution >= 4 is 19.8 Å². The Morgan fingerprint density at radius 3 is 1.72 bits per heavy atom. The highest BCUT2D eigenvalue weighted by atomic mass is 31.2. The summed E-state index contributed by atoms with van der Waals surface area (Å²) in [6, 6.07) is 0. The molecule has 0 aliphatic carbocycles. The number of phosphoric acid groups is 1. The highest BCUT2D eigenvalue weighted by Gasteiger charge is 2.27. The summed E-state index contributed by atoms with van der Waals surface area (Å²) in [6.45, 7) is 2.19. The smallest absolute Gasteiger partial charge is 0.462 e. The number of unbranched alkanes of at least 4 members (excludes halogenated alkanes) is 11. The predicted molar refractivity (Wildman–Crippen MR) is 136 cm³/mol. The molecule has 0 aromatic carbocycles. The molecule has 0 amide bonds.